The predicted molar refractivity (Wildman–Crippen MR) is 53.6 cm³/mol. The molecule has 1 aromatic carbocycles. The molecule has 0 saturated carbocycles. The molecular weight excluding hydrogens is 189 g/mol. The molecule has 1 atom stereocenters. The Morgan fingerprint density at radius 2 is 2.15 bits per heavy atom. The Hall–Kier alpha value is -0.600. The Kier molecular flexibility index (Phi) is 3.28. The first-order valence-electron chi connectivity index (χ1n) is 4.22. The molecule has 0 bridgehead atoms. The number of nitrogens with two attached hydrogens (primary N) is 1. The Bertz CT molecular complexity index is 312. The number of halogens is 2. The molecule has 1 rings (SSSR count). The fourth-order valence-electron chi connectivity index (χ4n) is 1.25. The molecule has 0 radical (unpaired) electrons. The van der Waals surface area contributed by atoms with Gasteiger partial charge in [0.25, 0.3) is 0 Å². The van der Waals surface area contributed by atoms with Gasteiger partial charge in [-0.25, -0.2) is 4.39 Å². The van der Waals surface area contributed by atoms with E-state index in [4.69, 9.17) is 17.3 Å². The Labute approximate surface area is 82.7 Å². The van der Waals surface area contributed by atoms with E-state index in [2.05, 4.69) is 0 Å². The van der Waals surface area contributed by atoms with Gasteiger partial charge in [0.05, 0.1) is 0 Å². The van der Waals surface area contributed by atoms with E-state index < -0.39 is 0 Å². The van der Waals surface area contributed by atoms with Crippen LogP contribution in [0.1, 0.15) is 24.0 Å². The average molecular weight is 202 g/mol. The number of benzene rings is 1. The fraction of sp³-hybridized carbons (Fsp3) is 0.400. The van der Waals surface area contributed by atoms with Crippen molar-refractivity contribution in [1.82, 2.24) is 0 Å². The van der Waals surface area contributed by atoms with Gasteiger partial charge in [-0.3, -0.25) is 0 Å². The summed E-state index contributed by atoms with van der Waals surface area (Å²) in [5.41, 5.74) is 6.89. The summed E-state index contributed by atoms with van der Waals surface area (Å²) in [6, 6.07) is 3.10. The monoisotopic (exact) mass is 201 g/mol. The lowest BCUT2D eigenvalue weighted by Gasteiger charge is -2.13. The van der Waals surface area contributed by atoms with Crippen molar-refractivity contribution < 1.29 is 4.39 Å². The van der Waals surface area contributed by atoms with Crippen LogP contribution < -0.4 is 5.73 Å². The van der Waals surface area contributed by atoms with Gasteiger partial charge in [0.2, 0.25) is 0 Å². The molecule has 0 saturated heterocycles. The Morgan fingerprint density at radius 1 is 1.54 bits per heavy atom. The van der Waals surface area contributed by atoms with E-state index in [1.54, 1.807) is 6.07 Å². The van der Waals surface area contributed by atoms with Crippen LogP contribution in [-0.2, 0) is 0 Å². The first-order chi connectivity index (χ1) is 6.07. The summed E-state index contributed by atoms with van der Waals surface area (Å²) in [5, 5.41) is 0.498. The molecule has 1 aromatic rings. The van der Waals surface area contributed by atoms with E-state index in [0.29, 0.717) is 17.1 Å². The van der Waals surface area contributed by atoms with Gasteiger partial charge in [0.1, 0.15) is 5.82 Å². The number of aryl methyl sites for hydroxylation is 1. The molecule has 1 nitrogen and oxygen atoms in total. The highest BCUT2D eigenvalue weighted by Gasteiger charge is 2.14. The predicted octanol–water partition coefficient (Wildman–Crippen LogP) is 2.85. The van der Waals surface area contributed by atoms with Crippen molar-refractivity contribution in [2.45, 2.75) is 19.8 Å². The molecule has 72 valence electrons. The topological polar surface area (TPSA) is 26.0 Å². The smallest absolute Gasteiger partial charge is 0.128 e. The zero-order chi connectivity index (χ0) is 10.0. The summed E-state index contributed by atoms with van der Waals surface area (Å²) in [4.78, 5) is 0. The van der Waals surface area contributed by atoms with E-state index >= 15 is 0 Å². The molecule has 0 amide bonds. The quantitative estimate of drug-likeness (QED) is 0.783. The molecule has 0 fully saturated rings. The lowest BCUT2D eigenvalue weighted by Crippen LogP contribution is -2.11. The maximum Gasteiger partial charge on any atom is 0.128 e. The molecule has 0 heterocycles. The van der Waals surface area contributed by atoms with Crippen molar-refractivity contribution in [2.75, 3.05) is 6.54 Å². The number of hydrogen-bond donors (Lipinski definition) is 1. The van der Waals surface area contributed by atoms with E-state index in [1.807, 2.05) is 13.8 Å². The maximum absolute atomic E-state index is 13.3. The normalized spacial score (nSPS) is 13.0. The second-order valence-corrected chi connectivity index (χ2v) is 3.61. The van der Waals surface area contributed by atoms with Crippen molar-refractivity contribution >= 4 is 11.6 Å². The average Bonchev–Trinajstić information content (AvgIpc) is 2.12. The van der Waals surface area contributed by atoms with Gasteiger partial charge in [-0.05, 0) is 31.0 Å². The standard InChI is InChI=1S/C10H13ClFN/c1-6-3-4-8(12)9(10(6)11)7(2)5-13/h3-4,7H,5,13H2,1-2H3. The highest BCUT2D eigenvalue weighted by atomic mass is 35.5. The van der Waals surface area contributed by atoms with Gasteiger partial charge in [-0.1, -0.05) is 24.6 Å². The van der Waals surface area contributed by atoms with E-state index in [0.717, 1.165) is 5.56 Å². The van der Waals surface area contributed by atoms with Gasteiger partial charge >= 0.3 is 0 Å². The largest absolute Gasteiger partial charge is 0.330 e. The molecule has 2 N–H and O–H groups in total. The number of hydrogen-bond acceptors (Lipinski definition) is 1. The first-order valence-corrected chi connectivity index (χ1v) is 4.60. The third-order valence-electron chi connectivity index (χ3n) is 2.17. The highest BCUT2D eigenvalue weighted by molar-refractivity contribution is 6.32. The van der Waals surface area contributed by atoms with Crippen LogP contribution in [0.2, 0.25) is 5.02 Å². The molecule has 13 heavy (non-hydrogen) atoms. The molecule has 3 heteroatoms. The summed E-state index contributed by atoms with van der Waals surface area (Å²) < 4.78 is 13.3. The summed E-state index contributed by atoms with van der Waals surface area (Å²) >= 11 is 5.98. The molecule has 0 aliphatic carbocycles. The van der Waals surface area contributed by atoms with Gasteiger partial charge in [-0.15, -0.1) is 0 Å². The van der Waals surface area contributed by atoms with Crippen LogP contribution >= 0.6 is 11.6 Å². The highest BCUT2D eigenvalue weighted by Crippen LogP contribution is 2.29. The fourth-order valence-corrected chi connectivity index (χ4v) is 1.59. The lowest BCUT2D eigenvalue weighted by atomic mass is 9.99. The van der Waals surface area contributed by atoms with Gasteiger partial charge in [0, 0.05) is 10.6 Å². The minimum atomic E-state index is -0.270. The van der Waals surface area contributed by atoms with Crippen LogP contribution in [0.3, 0.4) is 0 Å². The zero-order valence-electron chi connectivity index (χ0n) is 7.77. The van der Waals surface area contributed by atoms with E-state index in [9.17, 15) is 4.39 Å². The van der Waals surface area contributed by atoms with Gasteiger partial charge in [0.15, 0.2) is 0 Å². The van der Waals surface area contributed by atoms with Crippen LogP contribution in [0.15, 0.2) is 12.1 Å². The van der Waals surface area contributed by atoms with Crippen molar-refractivity contribution in [3.63, 3.8) is 0 Å². The summed E-state index contributed by atoms with van der Waals surface area (Å²) in [5.74, 6) is -0.305. The van der Waals surface area contributed by atoms with Gasteiger partial charge in [-0.2, -0.15) is 0 Å². The minimum Gasteiger partial charge on any atom is -0.330 e. The zero-order valence-corrected chi connectivity index (χ0v) is 8.53. The second kappa shape index (κ2) is 4.07. The van der Waals surface area contributed by atoms with E-state index in [1.165, 1.54) is 6.07 Å². The molecular formula is C10H13ClFN. The van der Waals surface area contributed by atoms with Crippen molar-refractivity contribution in [2.24, 2.45) is 5.73 Å². The molecule has 0 aliphatic rings. The summed E-state index contributed by atoms with van der Waals surface area (Å²) in [6.07, 6.45) is 0. The van der Waals surface area contributed by atoms with Crippen LogP contribution in [0, 0.1) is 12.7 Å². The van der Waals surface area contributed by atoms with Crippen LogP contribution in [0.5, 0.6) is 0 Å². The Morgan fingerprint density at radius 3 is 2.69 bits per heavy atom. The summed E-state index contributed by atoms with van der Waals surface area (Å²) in [7, 11) is 0. The van der Waals surface area contributed by atoms with E-state index in [-0.39, 0.29) is 11.7 Å². The second-order valence-electron chi connectivity index (χ2n) is 3.23. The first kappa shape index (κ1) is 10.5. The lowest BCUT2D eigenvalue weighted by molar-refractivity contribution is 0.590. The van der Waals surface area contributed by atoms with Crippen LogP contribution in [-0.4, -0.2) is 6.54 Å². The molecule has 1 unspecified atom stereocenters. The van der Waals surface area contributed by atoms with Crippen molar-refractivity contribution in [3.8, 4) is 0 Å². The third-order valence-corrected chi connectivity index (χ3v) is 2.67. The van der Waals surface area contributed by atoms with Crippen LogP contribution in [0.4, 0.5) is 4.39 Å². The third kappa shape index (κ3) is 2.01. The Balaban J connectivity index is 3.25. The molecule has 0 spiro atoms. The maximum atomic E-state index is 13.3. The minimum absolute atomic E-state index is 0.0348. The van der Waals surface area contributed by atoms with Crippen molar-refractivity contribution in [3.05, 3.63) is 34.1 Å². The van der Waals surface area contributed by atoms with Crippen LogP contribution in [0.25, 0.3) is 0 Å². The summed E-state index contributed by atoms with van der Waals surface area (Å²) in [6.45, 7) is 4.12. The van der Waals surface area contributed by atoms with Gasteiger partial charge < -0.3 is 5.73 Å². The SMILES string of the molecule is Cc1ccc(F)c(C(C)CN)c1Cl. The molecule has 0 aliphatic heterocycles. The number of rotatable bonds is 2. The molecule has 0 aromatic heterocycles. The van der Waals surface area contributed by atoms with Crippen molar-refractivity contribution in [1.29, 1.82) is 0 Å².